The van der Waals surface area contributed by atoms with E-state index in [1.54, 1.807) is 30.3 Å². The fraction of sp³-hybridized carbons (Fsp3) is 0.0426. The molecule has 4 aromatic carbocycles. The number of fused-ring (bicyclic) bond motifs is 9. The van der Waals surface area contributed by atoms with Crippen LogP contribution < -0.4 is 5.73 Å². The molecular formula is C47H25N15O4. The van der Waals surface area contributed by atoms with E-state index in [4.69, 9.17) is 36.4 Å². The summed E-state index contributed by atoms with van der Waals surface area (Å²) in [6.45, 7) is 0.316. The highest BCUT2D eigenvalue weighted by Crippen LogP contribution is 2.37. The molecule has 19 heteroatoms. The van der Waals surface area contributed by atoms with E-state index in [1.165, 1.54) is 7.11 Å². The predicted molar refractivity (Wildman–Crippen MR) is 231 cm³/mol. The molecule has 0 spiro atoms. The van der Waals surface area contributed by atoms with Crippen LogP contribution >= 0.6 is 0 Å². The maximum absolute atomic E-state index is 11.3. The number of benzene rings is 4. The summed E-state index contributed by atoms with van der Waals surface area (Å²) < 4.78 is 0. The minimum absolute atomic E-state index is 0.00695. The molecule has 3 aromatic heterocycles. The molecule has 7 aromatic rings. The monoisotopic (exact) mass is 863 g/mol. The van der Waals surface area contributed by atoms with Crippen LogP contribution in [-0.4, -0.2) is 65.3 Å². The van der Waals surface area contributed by atoms with Gasteiger partial charge in [0, 0.05) is 33.4 Å². The maximum atomic E-state index is 11.3. The van der Waals surface area contributed by atoms with E-state index >= 15 is 0 Å². The van der Waals surface area contributed by atoms with Crippen molar-refractivity contribution < 1.29 is 19.7 Å². The first-order valence-corrected chi connectivity index (χ1v) is 19.2. The lowest BCUT2D eigenvalue weighted by Crippen LogP contribution is -2.18. The van der Waals surface area contributed by atoms with Gasteiger partial charge in [-0.25, -0.2) is 29.9 Å². The van der Waals surface area contributed by atoms with Gasteiger partial charge in [-0.15, -0.1) is 0 Å². The van der Waals surface area contributed by atoms with Gasteiger partial charge in [-0.2, -0.15) is 26.3 Å². The van der Waals surface area contributed by atoms with Crippen LogP contribution in [-0.2, 0) is 16.3 Å². The molecule has 0 unspecified atom stereocenters. The SMILES string of the molecule is CON=C1c2ccccc2-c2nc(C#N)c(C#N)nc21.N#Cc1nc2c(nc1C#N)-c1ccccc1C2=NOCc1ccccc1.N#Cc1nc2c(nc1C(N)=O)-c1ccccc1C2=NO. The Morgan fingerprint density at radius 2 is 0.879 bits per heavy atom. The standard InChI is InChI=1S/C20H11N5O.C14H7N5O.C13H7N5O2/c21-10-16-17(11-22)24-20-18(23-16)14-8-4-5-9-15(14)19(20)25-26-12-13-6-2-1-3-7-13;1-20-19-13-9-5-3-2-4-8(9)12-14(13)18-11(7-16)10(6-15)17-12;14-5-8-11(13(15)19)17-9-6-3-1-2-4-7(6)10(18-20)12(9)16-8/h1-9H,12H2;2-5H,1H3;1-4,20H,(H2,15,19). The van der Waals surface area contributed by atoms with Crippen molar-refractivity contribution in [3.63, 3.8) is 0 Å². The second-order valence-electron chi connectivity index (χ2n) is 13.7. The first-order chi connectivity index (χ1) is 32.3. The Balaban J connectivity index is 0.000000136. The summed E-state index contributed by atoms with van der Waals surface area (Å²) >= 11 is 0. The quantitative estimate of drug-likeness (QED) is 0.161. The summed E-state index contributed by atoms with van der Waals surface area (Å²) in [6.07, 6.45) is 0. The molecule has 1 amide bonds. The molecule has 0 saturated heterocycles. The van der Waals surface area contributed by atoms with Crippen molar-refractivity contribution in [2.45, 2.75) is 6.61 Å². The predicted octanol–water partition coefficient (Wildman–Crippen LogP) is 5.42. The fourth-order valence-electron chi connectivity index (χ4n) is 7.12. The molecule has 3 heterocycles. The number of nitrogens with two attached hydrogens (primary N) is 1. The number of nitriles is 5. The van der Waals surface area contributed by atoms with Gasteiger partial charge >= 0.3 is 0 Å². The van der Waals surface area contributed by atoms with Crippen LogP contribution in [0.2, 0.25) is 0 Å². The van der Waals surface area contributed by atoms with E-state index in [2.05, 4.69) is 45.4 Å². The van der Waals surface area contributed by atoms with Crippen LogP contribution in [0.4, 0.5) is 0 Å². The number of hydrogen-bond donors (Lipinski definition) is 2. The molecule has 0 bridgehead atoms. The minimum atomic E-state index is -0.830. The van der Waals surface area contributed by atoms with Crippen molar-refractivity contribution in [2.24, 2.45) is 21.2 Å². The molecule has 0 aliphatic heterocycles. The molecular weight excluding hydrogens is 839 g/mol. The van der Waals surface area contributed by atoms with Crippen LogP contribution in [0.25, 0.3) is 33.8 Å². The lowest BCUT2D eigenvalue weighted by atomic mass is 10.1. The van der Waals surface area contributed by atoms with E-state index in [-0.39, 0.29) is 45.6 Å². The Bertz CT molecular complexity index is 3480. The third-order valence-electron chi connectivity index (χ3n) is 9.95. The smallest absolute Gasteiger partial charge is 0.270 e. The van der Waals surface area contributed by atoms with E-state index in [0.29, 0.717) is 57.6 Å². The highest BCUT2D eigenvalue weighted by atomic mass is 16.6. The normalized spacial score (nSPS) is 13.2. The van der Waals surface area contributed by atoms with Gasteiger partial charge in [0.05, 0.1) is 0 Å². The number of carbonyl (C=O) groups excluding carboxylic acids is 1. The Morgan fingerprint density at radius 1 is 0.515 bits per heavy atom. The van der Waals surface area contributed by atoms with E-state index in [9.17, 15) is 15.3 Å². The van der Waals surface area contributed by atoms with Crippen LogP contribution in [0, 0.1) is 56.7 Å². The summed E-state index contributed by atoms with van der Waals surface area (Å²) in [4.78, 5) is 46.9. The average molecular weight is 864 g/mol. The summed E-state index contributed by atoms with van der Waals surface area (Å²) in [5.41, 5.74) is 14.3. The van der Waals surface area contributed by atoms with Crippen LogP contribution in [0.3, 0.4) is 0 Å². The van der Waals surface area contributed by atoms with E-state index < -0.39 is 5.91 Å². The van der Waals surface area contributed by atoms with Gasteiger partial charge in [-0.3, -0.25) is 4.79 Å². The summed E-state index contributed by atoms with van der Waals surface area (Å²) in [5, 5.41) is 66.1. The Hall–Kier alpha value is -10.6. The second-order valence-corrected chi connectivity index (χ2v) is 13.7. The summed E-state index contributed by atoms with van der Waals surface area (Å²) in [5.74, 6) is -0.830. The van der Waals surface area contributed by atoms with Gasteiger partial charge in [0.2, 0.25) is 0 Å². The highest BCUT2D eigenvalue weighted by Gasteiger charge is 2.33. The topological polar surface area (TPSA) is 315 Å². The van der Waals surface area contributed by atoms with E-state index in [1.807, 2.05) is 103 Å². The molecule has 66 heavy (non-hydrogen) atoms. The van der Waals surface area contributed by atoms with Crippen LogP contribution in [0.15, 0.2) is 119 Å². The number of carbonyl (C=O) groups is 1. The van der Waals surface area contributed by atoms with Crippen LogP contribution in [0.5, 0.6) is 0 Å². The molecule has 10 rings (SSSR count). The van der Waals surface area contributed by atoms with Gasteiger partial charge in [-0.05, 0) is 5.56 Å². The molecule has 19 nitrogen and oxygen atoms in total. The van der Waals surface area contributed by atoms with Crippen molar-refractivity contribution in [3.8, 4) is 64.1 Å². The zero-order chi connectivity index (χ0) is 46.3. The third kappa shape index (κ3) is 7.56. The molecule has 0 fully saturated rings. The van der Waals surface area contributed by atoms with Crippen molar-refractivity contribution in [3.05, 3.63) is 177 Å². The second kappa shape index (κ2) is 18.2. The number of hydrogen-bond acceptors (Lipinski definition) is 18. The zero-order valence-corrected chi connectivity index (χ0v) is 34.0. The van der Waals surface area contributed by atoms with Gasteiger partial charge in [0.15, 0.2) is 34.2 Å². The summed E-state index contributed by atoms with van der Waals surface area (Å²) in [6, 6.07) is 41.1. The van der Waals surface area contributed by atoms with Gasteiger partial charge in [0.1, 0.15) is 95.4 Å². The Morgan fingerprint density at radius 3 is 1.30 bits per heavy atom. The maximum Gasteiger partial charge on any atom is 0.270 e. The van der Waals surface area contributed by atoms with Crippen molar-refractivity contribution in [1.29, 1.82) is 26.3 Å². The molecule has 3 N–H and O–H groups in total. The van der Waals surface area contributed by atoms with Gasteiger partial charge < -0.3 is 20.6 Å². The largest absolute Gasteiger partial charge is 0.410 e. The molecule has 0 radical (unpaired) electrons. The first kappa shape index (κ1) is 42.2. The lowest BCUT2D eigenvalue weighted by molar-refractivity contribution is 0.0995. The van der Waals surface area contributed by atoms with Gasteiger partial charge in [0.25, 0.3) is 5.91 Å². The lowest BCUT2D eigenvalue weighted by Gasteiger charge is -2.03. The highest BCUT2D eigenvalue weighted by molar-refractivity contribution is 6.24. The minimum Gasteiger partial charge on any atom is -0.410 e. The van der Waals surface area contributed by atoms with Gasteiger partial charge in [-0.1, -0.05) is 119 Å². The first-order valence-electron chi connectivity index (χ1n) is 19.2. The number of oxime groups is 3. The Kier molecular flexibility index (Phi) is 11.6. The summed E-state index contributed by atoms with van der Waals surface area (Å²) in [7, 11) is 1.44. The number of rotatable bonds is 5. The fourth-order valence-corrected chi connectivity index (χ4v) is 7.12. The Labute approximate surface area is 373 Å². The number of primary amides is 1. The number of amides is 1. The van der Waals surface area contributed by atoms with Crippen molar-refractivity contribution in [1.82, 2.24) is 29.9 Å². The number of aromatic nitrogens is 6. The zero-order valence-electron chi connectivity index (χ0n) is 34.0. The van der Waals surface area contributed by atoms with Crippen molar-refractivity contribution in [2.75, 3.05) is 7.11 Å². The van der Waals surface area contributed by atoms with E-state index in [0.717, 1.165) is 27.8 Å². The third-order valence-corrected chi connectivity index (χ3v) is 9.95. The average Bonchev–Trinajstić information content (AvgIpc) is 3.97. The number of nitrogens with zero attached hydrogens (tertiary/aromatic N) is 14. The van der Waals surface area contributed by atoms with Crippen molar-refractivity contribution >= 4 is 23.0 Å². The van der Waals surface area contributed by atoms with Crippen LogP contribution in [0.1, 0.15) is 78.3 Å². The molecule has 312 valence electrons. The molecule has 3 aliphatic rings. The molecule has 0 saturated carbocycles. The molecule has 3 aliphatic carbocycles. The molecule has 0 atom stereocenters.